The number of H-pyrrole nitrogens is 1. The van der Waals surface area contributed by atoms with Crippen molar-refractivity contribution in [2.45, 2.75) is 19.3 Å². The third kappa shape index (κ3) is 4.60. The lowest BCUT2D eigenvalue weighted by atomic mass is 10.2. The van der Waals surface area contributed by atoms with Gasteiger partial charge in [-0.1, -0.05) is 12.1 Å². The van der Waals surface area contributed by atoms with Crippen molar-refractivity contribution in [2.24, 2.45) is 0 Å². The third-order valence-corrected chi connectivity index (χ3v) is 6.59. The molecule has 1 aliphatic carbocycles. The highest BCUT2D eigenvalue weighted by Crippen LogP contribution is 2.29. The second-order valence-corrected chi connectivity index (χ2v) is 8.86. The molecule has 3 heterocycles. The molecular formula is C25H23N5O4S. The number of carbonyl (C=O) groups is 1. The summed E-state index contributed by atoms with van der Waals surface area (Å²) in [4.78, 5) is 33.8. The van der Waals surface area contributed by atoms with E-state index >= 15 is 0 Å². The molecule has 0 saturated carbocycles. The number of amides is 1. The number of fused-ring (bicyclic) bond motifs is 1. The first kappa shape index (κ1) is 22.6. The zero-order valence-corrected chi connectivity index (χ0v) is 20.0. The minimum atomic E-state index is -0.359. The average molecular weight is 490 g/mol. The van der Waals surface area contributed by atoms with Gasteiger partial charge in [0.1, 0.15) is 11.5 Å². The van der Waals surface area contributed by atoms with Crippen molar-refractivity contribution >= 4 is 29.1 Å². The number of aromatic amines is 1. The van der Waals surface area contributed by atoms with Crippen molar-refractivity contribution in [3.63, 3.8) is 0 Å². The average Bonchev–Trinajstić information content (AvgIpc) is 3.63. The van der Waals surface area contributed by atoms with Crippen LogP contribution in [0, 0.1) is 0 Å². The van der Waals surface area contributed by atoms with E-state index < -0.39 is 0 Å². The summed E-state index contributed by atoms with van der Waals surface area (Å²) in [6.45, 7) is 0. The first-order valence-electron chi connectivity index (χ1n) is 11.0. The fraction of sp³-hybridized carbons (Fsp3) is 0.200. The Balaban J connectivity index is 1.45. The molecule has 0 spiro atoms. The Morgan fingerprint density at radius 1 is 1.17 bits per heavy atom. The number of anilines is 1. The Bertz CT molecular complexity index is 1470. The zero-order chi connectivity index (χ0) is 24.4. The van der Waals surface area contributed by atoms with Crippen LogP contribution in [0.5, 0.6) is 11.5 Å². The quantitative estimate of drug-likeness (QED) is 0.382. The maximum absolute atomic E-state index is 12.8. The number of nitrogens with zero attached hydrogens (tertiary/aromatic N) is 3. The molecule has 0 saturated heterocycles. The topological polar surface area (TPSA) is 111 Å². The summed E-state index contributed by atoms with van der Waals surface area (Å²) >= 11 is 1.53. The Morgan fingerprint density at radius 3 is 2.80 bits per heavy atom. The van der Waals surface area contributed by atoms with Gasteiger partial charge in [0.25, 0.3) is 5.56 Å². The van der Waals surface area contributed by atoms with Crippen LogP contribution in [0.2, 0.25) is 0 Å². The fourth-order valence-corrected chi connectivity index (χ4v) is 4.68. The highest BCUT2D eigenvalue weighted by Gasteiger charge is 2.20. The molecule has 2 N–H and O–H groups in total. The van der Waals surface area contributed by atoms with Crippen LogP contribution in [0.3, 0.4) is 0 Å². The summed E-state index contributed by atoms with van der Waals surface area (Å²) < 4.78 is 12.0. The largest absolute Gasteiger partial charge is 0.493 e. The first-order chi connectivity index (χ1) is 17.1. The highest BCUT2D eigenvalue weighted by molar-refractivity contribution is 7.13. The van der Waals surface area contributed by atoms with Gasteiger partial charge < -0.3 is 14.8 Å². The van der Waals surface area contributed by atoms with Gasteiger partial charge in [-0.15, -0.1) is 11.3 Å². The zero-order valence-electron chi connectivity index (χ0n) is 19.2. The van der Waals surface area contributed by atoms with Crippen LogP contribution in [-0.2, 0) is 17.6 Å². The summed E-state index contributed by atoms with van der Waals surface area (Å²) in [5.41, 5.74) is 2.78. The normalized spacial score (nSPS) is 12.6. The number of nitrogens with one attached hydrogen (secondary N) is 2. The van der Waals surface area contributed by atoms with E-state index in [1.54, 1.807) is 38.5 Å². The molecule has 1 amide bonds. The Labute approximate surface area is 205 Å². The second kappa shape index (κ2) is 9.59. The van der Waals surface area contributed by atoms with Gasteiger partial charge in [0, 0.05) is 17.7 Å². The van der Waals surface area contributed by atoms with Crippen molar-refractivity contribution < 1.29 is 14.3 Å². The number of carbonyl (C=O) groups excluding carboxylic acids is 1. The van der Waals surface area contributed by atoms with E-state index in [0.717, 1.165) is 41.0 Å². The molecule has 10 heteroatoms. The number of methoxy groups -OCH3 is 2. The summed E-state index contributed by atoms with van der Waals surface area (Å²) in [5.74, 6) is 1.49. The van der Waals surface area contributed by atoms with Crippen LogP contribution >= 0.6 is 11.3 Å². The van der Waals surface area contributed by atoms with Gasteiger partial charge in [-0.2, -0.15) is 9.78 Å². The van der Waals surface area contributed by atoms with Crippen molar-refractivity contribution in [1.82, 2.24) is 19.7 Å². The third-order valence-electron chi connectivity index (χ3n) is 5.70. The Hall–Kier alpha value is -4.18. The summed E-state index contributed by atoms with van der Waals surface area (Å²) in [6, 6.07) is 11.0. The number of rotatable bonds is 7. The number of hydrogen-bond donors (Lipinski definition) is 2. The number of thiophene rings is 1. The molecule has 5 rings (SSSR count). The molecule has 178 valence electrons. The predicted molar refractivity (Wildman–Crippen MR) is 135 cm³/mol. The van der Waals surface area contributed by atoms with Gasteiger partial charge in [0.2, 0.25) is 11.9 Å². The molecule has 35 heavy (non-hydrogen) atoms. The molecule has 1 aliphatic rings. The number of ether oxygens (including phenoxy) is 2. The molecule has 3 aromatic heterocycles. The van der Waals surface area contributed by atoms with Crippen LogP contribution in [0.25, 0.3) is 22.6 Å². The van der Waals surface area contributed by atoms with E-state index in [4.69, 9.17) is 9.47 Å². The van der Waals surface area contributed by atoms with Crippen LogP contribution in [0.15, 0.2) is 52.6 Å². The number of aryl methyl sites for hydroxylation is 1. The highest BCUT2D eigenvalue weighted by atomic mass is 32.1. The maximum Gasteiger partial charge on any atom is 0.255 e. The molecular weight excluding hydrogens is 466 g/mol. The molecule has 1 aromatic carbocycles. The van der Waals surface area contributed by atoms with Crippen molar-refractivity contribution in [3.05, 3.63) is 75.0 Å². The second-order valence-electron chi connectivity index (χ2n) is 7.91. The van der Waals surface area contributed by atoms with Crippen molar-refractivity contribution in [2.75, 3.05) is 19.5 Å². The number of aromatic nitrogens is 4. The van der Waals surface area contributed by atoms with E-state index in [1.165, 1.54) is 22.1 Å². The van der Waals surface area contributed by atoms with E-state index in [0.29, 0.717) is 23.0 Å². The summed E-state index contributed by atoms with van der Waals surface area (Å²) in [6.07, 6.45) is 5.47. The van der Waals surface area contributed by atoms with Crippen LogP contribution in [-0.4, -0.2) is 39.9 Å². The molecule has 0 bridgehead atoms. The smallest absolute Gasteiger partial charge is 0.255 e. The van der Waals surface area contributed by atoms with E-state index in [9.17, 15) is 9.59 Å². The summed E-state index contributed by atoms with van der Waals surface area (Å²) in [5, 5.41) is 9.44. The molecule has 0 aliphatic heterocycles. The number of hydrogen-bond acceptors (Lipinski definition) is 7. The van der Waals surface area contributed by atoms with Gasteiger partial charge in [0.15, 0.2) is 11.5 Å². The lowest BCUT2D eigenvalue weighted by Crippen LogP contribution is -2.20. The standard InChI is InChI=1S/C25H23N5O4S/c1-33-19-10-8-15(13-20(19)34-2)9-11-23(31)27-22-14-18(21-7-4-12-35-21)29-30(22)25-26-17-6-3-5-16(17)24(32)28-25/h4,7-14H,3,5-6H2,1-2H3,(H,27,31)(H,26,28,32)/b11-9-. The SMILES string of the molecule is COc1ccc(/C=C\C(=O)Nc2cc(-c3cccs3)nn2-c2nc3c(c(=O)[nH]2)CCC3)cc1OC. The van der Waals surface area contributed by atoms with E-state index in [2.05, 4.69) is 20.4 Å². The minimum Gasteiger partial charge on any atom is -0.493 e. The van der Waals surface area contributed by atoms with Gasteiger partial charge >= 0.3 is 0 Å². The lowest BCUT2D eigenvalue weighted by molar-refractivity contribution is -0.111. The predicted octanol–water partition coefficient (Wildman–Crippen LogP) is 3.84. The Morgan fingerprint density at radius 2 is 2.03 bits per heavy atom. The molecule has 0 radical (unpaired) electrons. The molecule has 0 unspecified atom stereocenters. The molecule has 4 aromatic rings. The van der Waals surface area contributed by atoms with Crippen LogP contribution in [0.4, 0.5) is 5.82 Å². The van der Waals surface area contributed by atoms with E-state index in [-0.39, 0.29) is 17.4 Å². The van der Waals surface area contributed by atoms with Crippen molar-refractivity contribution in [3.8, 4) is 28.0 Å². The monoisotopic (exact) mass is 489 g/mol. The fourth-order valence-electron chi connectivity index (χ4n) is 4.00. The minimum absolute atomic E-state index is 0.165. The van der Waals surface area contributed by atoms with Gasteiger partial charge in [-0.05, 0) is 54.5 Å². The Kier molecular flexibility index (Phi) is 6.19. The summed E-state index contributed by atoms with van der Waals surface area (Å²) in [7, 11) is 3.12. The molecule has 0 atom stereocenters. The van der Waals surface area contributed by atoms with Crippen molar-refractivity contribution in [1.29, 1.82) is 0 Å². The number of benzene rings is 1. The molecule has 0 fully saturated rings. The van der Waals surface area contributed by atoms with Gasteiger partial charge in [-0.25, -0.2) is 4.98 Å². The maximum atomic E-state index is 12.8. The lowest BCUT2D eigenvalue weighted by Gasteiger charge is -2.08. The van der Waals surface area contributed by atoms with E-state index in [1.807, 2.05) is 23.6 Å². The van der Waals surface area contributed by atoms with Gasteiger partial charge in [-0.3, -0.25) is 14.6 Å². The van der Waals surface area contributed by atoms with Gasteiger partial charge in [0.05, 0.1) is 24.8 Å². The molecule has 9 nitrogen and oxygen atoms in total. The first-order valence-corrected chi connectivity index (χ1v) is 11.9. The van der Waals surface area contributed by atoms with Crippen LogP contribution in [0.1, 0.15) is 23.2 Å². The van der Waals surface area contributed by atoms with Crippen LogP contribution < -0.4 is 20.3 Å².